The third kappa shape index (κ3) is 3.24. The Morgan fingerprint density at radius 1 is 1.60 bits per heavy atom. The Kier molecular flexibility index (Phi) is 4.09. The Bertz CT molecular complexity index is 292. The molecule has 0 aromatic carbocycles. The van der Waals surface area contributed by atoms with Crippen molar-refractivity contribution < 1.29 is 0 Å². The van der Waals surface area contributed by atoms with Crippen LogP contribution in [-0.2, 0) is 13.6 Å². The molecule has 1 fully saturated rings. The molecule has 1 aromatic heterocycles. The van der Waals surface area contributed by atoms with E-state index in [0.717, 1.165) is 24.2 Å². The lowest BCUT2D eigenvalue weighted by Gasteiger charge is -2.21. The number of thioether (sulfide) groups is 1. The van der Waals surface area contributed by atoms with E-state index >= 15 is 0 Å². The number of nitrogens with zero attached hydrogens (tertiary/aromatic N) is 2. The second-order valence-corrected chi connectivity index (χ2v) is 5.48. The van der Waals surface area contributed by atoms with Crippen molar-refractivity contribution in [2.75, 3.05) is 12.3 Å². The van der Waals surface area contributed by atoms with Gasteiger partial charge >= 0.3 is 0 Å². The number of nitrogens with one attached hydrogen (secondary N) is 1. The van der Waals surface area contributed by atoms with Gasteiger partial charge in [0.15, 0.2) is 0 Å². The highest BCUT2D eigenvalue weighted by molar-refractivity contribution is 7.99. The monoisotopic (exact) mass is 225 g/mol. The van der Waals surface area contributed by atoms with E-state index < -0.39 is 0 Å². The number of aromatic nitrogens is 2. The molecule has 0 bridgehead atoms. The van der Waals surface area contributed by atoms with Crippen LogP contribution in [0.25, 0.3) is 0 Å². The Hall–Kier alpha value is -0.480. The minimum absolute atomic E-state index is 0.819. The topological polar surface area (TPSA) is 29.9 Å². The van der Waals surface area contributed by atoms with Gasteiger partial charge < -0.3 is 9.88 Å². The molecule has 4 heteroatoms. The van der Waals surface area contributed by atoms with E-state index in [2.05, 4.69) is 26.6 Å². The molecule has 84 valence electrons. The number of imidazole rings is 1. The molecule has 1 aliphatic heterocycles. The first kappa shape index (κ1) is 11.0. The van der Waals surface area contributed by atoms with Crippen molar-refractivity contribution in [1.82, 2.24) is 14.9 Å². The van der Waals surface area contributed by atoms with Gasteiger partial charge in [-0.2, -0.15) is 11.8 Å². The summed E-state index contributed by atoms with van der Waals surface area (Å²) in [5, 5.41) is 4.31. The predicted molar refractivity (Wildman–Crippen MR) is 65.0 cm³/mol. The van der Waals surface area contributed by atoms with Gasteiger partial charge in [0.1, 0.15) is 5.82 Å². The van der Waals surface area contributed by atoms with Gasteiger partial charge in [-0.1, -0.05) is 6.42 Å². The van der Waals surface area contributed by atoms with Gasteiger partial charge in [0.05, 0.1) is 6.54 Å². The van der Waals surface area contributed by atoms with Crippen molar-refractivity contribution in [3.8, 4) is 0 Å². The van der Waals surface area contributed by atoms with E-state index in [1.807, 2.05) is 19.4 Å². The first-order valence-corrected chi connectivity index (χ1v) is 6.69. The number of hydrogen-bond acceptors (Lipinski definition) is 3. The maximum atomic E-state index is 4.29. The summed E-state index contributed by atoms with van der Waals surface area (Å²) in [4.78, 5) is 4.29. The van der Waals surface area contributed by atoms with E-state index in [-0.39, 0.29) is 0 Å². The van der Waals surface area contributed by atoms with Crippen LogP contribution in [0.3, 0.4) is 0 Å². The van der Waals surface area contributed by atoms with Crippen LogP contribution < -0.4 is 5.32 Å². The molecular formula is C11H19N3S. The Balaban J connectivity index is 1.68. The van der Waals surface area contributed by atoms with Gasteiger partial charge in [0, 0.05) is 31.2 Å². The fourth-order valence-corrected chi connectivity index (χ4v) is 3.15. The zero-order valence-corrected chi connectivity index (χ0v) is 10.1. The second kappa shape index (κ2) is 5.56. The van der Waals surface area contributed by atoms with Crippen LogP contribution in [0.1, 0.15) is 25.1 Å². The average molecular weight is 225 g/mol. The molecule has 0 amide bonds. The fourth-order valence-electron chi connectivity index (χ4n) is 1.88. The summed E-state index contributed by atoms with van der Waals surface area (Å²) in [5.41, 5.74) is 0. The van der Waals surface area contributed by atoms with Crippen LogP contribution in [0.5, 0.6) is 0 Å². The molecule has 1 atom stereocenters. The molecule has 1 aliphatic rings. The largest absolute Gasteiger partial charge is 0.337 e. The van der Waals surface area contributed by atoms with E-state index in [4.69, 9.17) is 0 Å². The van der Waals surface area contributed by atoms with Crippen LogP contribution in [0.4, 0.5) is 0 Å². The molecule has 1 N–H and O–H groups in total. The molecule has 2 heterocycles. The van der Waals surface area contributed by atoms with Crippen molar-refractivity contribution in [3.05, 3.63) is 18.2 Å². The van der Waals surface area contributed by atoms with E-state index in [1.54, 1.807) is 0 Å². The lowest BCUT2D eigenvalue weighted by atomic mass is 10.2. The van der Waals surface area contributed by atoms with Crippen LogP contribution in [0.2, 0.25) is 0 Å². The number of rotatable bonds is 4. The summed E-state index contributed by atoms with van der Waals surface area (Å²) in [6.45, 7) is 2.01. The number of hydrogen-bond donors (Lipinski definition) is 1. The molecule has 1 unspecified atom stereocenters. The summed E-state index contributed by atoms with van der Waals surface area (Å²) >= 11 is 2.11. The molecule has 1 saturated heterocycles. The second-order valence-electron chi connectivity index (χ2n) is 4.07. The standard InChI is InChI=1S/C11H19N3S/c1-14-6-5-13-11(14)9-12-8-10-4-2-3-7-15-10/h5-6,10,12H,2-4,7-9H2,1H3. The molecule has 1 aromatic rings. The Labute approximate surface area is 95.7 Å². The highest BCUT2D eigenvalue weighted by atomic mass is 32.2. The smallest absolute Gasteiger partial charge is 0.122 e. The zero-order chi connectivity index (χ0) is 10.5. The molecule has 2 rings (SSSR count). The lowest BCUT2D eigenvalue weighted by molar-refractivity contribution is 0.580. The van der Waals surface area contributed by atoms with Crippen molar-refractivity contribution in [3.63, 3.8) is 0 Å². The van der Waals surface area contributed by atoms with Gasteiger partial charge in [-0.15, -0.1) is 0 Å². The first-order valence-electron chi connectivity index (χ1n) is 5.65. The minimum atomic E-state index is 0.819. The summed E-state index contributed by atoms with van der Waals surface area (Å²) in [6, 6.07) is 0. The first-order chi connectivity index (χ1) is 7.36. The molecule has 0 saturated carbocycles. The van der Waals surface area contributed by atoms with E-state index in [0.29, 0.717) is 0 Å². The lowest BCUT2D eigenvalue weighted by Crippen LogP contribution is -2.27. The van der Waals surface area contributed by atoms with Crippen molar-refractivity contribution >= 4 is 11.8 Å². The van der Waals surface area contributed by atoms with E-state index in [9.17, 15) is 0 Å². The zero-order valence-electron chi connectivity index (χ0n) is 9.28. The van der Waals surface area contributed by atoms with Gasteiger partial charge in [-0.05, 0) is 18.6 Å². The molecule has 0 radical (unpaired) electrons. The van der Waals surface area contributed by atoms with Crippen molar-refractivity contribution in [2.24, 2.45) is 7.05 Å². The molecule has 0 spiro atoms. The van der Waals surface area contributed by atoms with Crippen LogP contribution in [0, 0.1) is 0 Å². The maximum absolute atomic E-state index is 4.29. The van der Waals surface area contributed by atoms with Crippen molar-refractivity contribution in [1.29, 1.82) is 0 Å². The number of aryl methyl sites for hydroxylation is 1. The molecule has 15 heavy (non-hydrogen) atoms. The van der Waals surface area contributed by atoms with Crippen LogP contribution in [-0.4, -0.2) is 27.1 Å². The Morgan fingerprint density at radius 2 is 2.53 bits per heavy atom. The predicted octanol–water partition coefficient (Wildman–Crippen LogP) is 1.80. The van der Waals surface area contributed by atoms with E-state index in [1.165, 1.54) is 25.0 Å². The van der Waals surface area contributed by atoms with Crippen LogP contribution in [0.15, 0.2) is 12.4 Å². The summed E-state index contributed by atoms with van der Waals surface area (Å²) in [6.07, 6.45) is 8.03. The quantitative estimate of drug-likeness (QED) is 0.847. The normalized spacial score (nSPS) is 21.8. The third-order valence-corrected chi connectivity index (χ3v) is 4.25. The summed E-state index contributed by atoms with van der Waals surface area (Å²) in [5.74, 6) is 2.46. The van der Waals surface area contributed by atoms with Gasteiger partial charge in [0.2, 0.25) is 0 Å². The van der Waals surface area contributed by atoms with Crippen LogP contribution >= 0.6 is 11.8 Å². The highest BCUT2D eigenvalue weighted by Gasteiger charge is 2.13. The fraction of sp³-hybridized carbons (Fsp3) is 0.727. The highest BCUT2D eigenvalue weighted by Crippen LogP contribution is 2.24. The summed E-state index contributed by atoms with van der Waals surface area (Å²) < 4.78 is 2.07. The molecular weight excluding hydrogens is 206 g/mol. The minimum Gasteiger partial charge on any atom is -0.337 e. The molecule has 3 nitrogen and oxygen atoms in total. The SMILES string of the molecule is Cn1ccnc1CNCC1CCCCS1. The van der Waals surface area contributed by atoms with Gasteiger partial charge in [-0.25, -0.2) is 4.98 Å². The van der Waals surface area contributed by atoms with Gasteiger partial charge in [-0.3, -0.25) is 0 Å². The third-order valence-electron chi connectivity index (χ3n) is 2.85. The maximum Gasteiger partial charge on any atom is 0.122 e. The summed E-state index contributed by atoms with van der Waals surface area (Å²) in [7, 11) is 2.04. The average Bonchev–Trinajstić information content (AvgIpc) is 2.66. The Morgan fingerprint density at radius 3 is 3.20 bits per heavy atom. The molecule has 0 aliphatic carbocycles. The van der Waals surface area contributed by atoms with Crippen molar-refractivity contribution in [2.45, 2.75) is 31.1 Å². The van der Waals surface area contributed by atoms with Gasteiger partial charge in [0.25, 0.3) is 0 Å².